The smallest absolute Gasteiger partial charge is 0.246 e. The molecule has 1 aliphatic rings. The van der Waals surface area contributed by atoms with Crippen molar-refractivity contribution in [2.45, 2.75) is 31.8 Å². The summed E-state index contributed by atoms with van der Waals surface area (Å²) in [6.45, 7) is 3.40. The number of benzene rings is 2. The topological polar surface area (TPSA) is 120 Å². The van der Waals surface area contributed by atoms with Crippen LogP contribution in [0.2, 0.25) is 5.02 Å². The summed E-state index contributed by atoms with van der Waals surface area (Å²) >= 11 is 6.04. The van der Waals surface area contributed by atoms with Crippen LogP contribution in [0.4, 0.5) is 17.6 Å². The summed E-state index contributed by atoms with van der Waals surface area (Å²) in [5, 5.41) is 7.63. The highest BCUT2D eigenvalue weighted by Gasteiger charge is 2.26. The second-order valence-corrected chi connectivity index (χ2v) is 10.8. The largest absolute Gasteiger partial charge is 0.368 e. The SMILES string of the molecule is CS(=O)(=O)Nc1ccc(CN(CCc2ccc(Cl)cc2)C2CCN(c3n[nH]c(N)n3)CC2)cc1. The minimum absolute atomic E-state index is 0.329. The number of aromatic nitrogens is 3. The summed E-state index contributed by atoms with van der Waals surface area (Å²) in [5.41, 5.74) is 8.64. The molecule has 182 valence electrons. The predicted molar refractivity (Wildman–Crippen MR) is 137 cm³/mol. The Morgan fingerprint density at radius 1 is 1.12 bits per heavy atom. The average Bonchev–Trinajstić information content (AvgIpc) is 3.24. The van der Waals surface area contributed by atoms with Gasteiger partial charge in [0.15, 0.2) is 0 Å². The second kappa shape index (κ2) is 10.6. The van der Waals surface area contributed by atoms with Crippen LogP contribution in [0.15, 0.2) is 48.5 Å². The number of piperidine rings is 1. The van der Waals surface area contributed by atoms with Crippen LogP contribution in [0.1, 0.15) is 24.0 Å². The van der Waals surface area contributed by atoms with Crippen LogP contribution in [0.25, 0.3) is 0 Å². The summed E-state index contributed by atoms with van der Waals surface area (Å²) in [5.74, 6) is 0.980. The van der Waals surface area contributed by atoms with Gasteiger partial charge in [-0.2, -0.15) is 4.98 Å². The maximum Gasteiger partial charge on any atom is 0.246 e. The van der Waals surface area contributed by atoms with E-state index in [1.54, 1.807) is 0 Å². The molecule has 0 radical (unpaired) electrons. The number of aromatic amines is 1. The first-order chi connectivity index (χ1) is 16.2. The number of nitrogen functional groups attached to an aromatic ring is 1. The van der Waals surface area contributed by atoms with E-state index in [1.165, 1.54) is 5.56 Å². The molecule has 1 fully saturated rings. The first-order valence-corrected chi connectivity index (χ1v) is 13.5. The first kappa shape index (κ1) is 24.3. The van der Waals surface area contributed by atoms with Crippen LogP contribution in [-0.2, 0) is 23.0 Å². The number of H-pyrrole nitrogens is 1. The molecule has 4 rings (SSSR count). The van der Waals surface area contributed by atoms with E-state index >= 15 is 0 Å². The molecule has 4 N–H and O–H groups in total. The number of rotatable bonds is 9. The lowest BCUT2D eigenvalue weighted by molar-refractivity contribution is 0.162. The zero-order valence-corrected chi connectivity index (χ0v) is 20.7. The molecule has 0 amide bonds. The molecule has 0 saturated carbocycles. The second-order valence-electron chi connectivity index (χ2n) is 8.66. The van der Waals surface area contributed by atoms with E-state index in [1.807, 2.05) is 36.4 Å². The van der Waals surface area contributed by atoms with Gasteiger partial charge in [-0.3, -0.25) is 9.62 Å². The molecule has 2 aromatic carbocycles. The molecule has 1 aliphatic heterocycles. The summed E-state index contributed by atoms with van der Waals surface area (Å²) in [4.78, 5) is 8.92. The highest BCUT2D eigenvalue weighted by atomic mass is 35.5. The Morgan fingerprint density at radius 3 is 2.35 bits per heavy atom. The van der Waals surface area contributed by atoms with Crippen molar-refractivity contribution in [3.63, 3.8) is 0 Å². The van der Waals surface area contributed by atoms with Crippen LogP contribution in [-0.4, -0.2) is 60.4 Å². The average molecular weight is 504 g/mol. The lowest BCUT2D eigenvalue weighted by Crippen LogP contribution is -2.45. The van der Waals surface area contributed by atoms with Crippen molar-refractivity contribution in [2.24, 2.45) is 0 Å². The van der Waals surface area contributed by atoms with E-state index in [4.69, 9.17) is 17.3 Å². The predicted octanol–water partition coefficient (Wildman–Crippen LogP) is 3.13. The van der Waals surface area contributed by atoms with Gasteiger partial charge in [0.2, 0.25) is 21.9 Å². The third kappa shape index (κ3) is 6.85. The molecule has 0 bridgehead atoms. The number of hydrogen-bond donors (Lipinski definition) is 3. The Labute approximate surface area is 205 Å². The van der Waals surface area contributed by atoms with Crippen molar-refractivity contribution in [3.8, 4) is 0 Å². The molecule has 34 heavy (non-hydrogen) atoms. The minimum Gasteiger partial charge on any atom is -0.368 e. The van der Waals surface area contributed by atoms with Gasteiger partial charge >= 0.3 is 0 Å². The fraction of sp³-hybridized carbons (Fsp3) is 0.391. The van der Waals surface area contributed by atoms with Crippen molar-refractivity contribution >= 4 is 39.2 Å². The Balaban J connectivity index is 1.43. The highest BCUT2D eigenvalue weighted by molar-refractivity contribution is 7.92. The maximum absolute atomic E-state index is 11.5. The molecule has 1 saturated heterocycles. The van der Waals surface area contributed by atoms with Gasteiger partial charge in [-0.25, -0.2) is 13.5 Å². The van der Waals surface area contributed by atoms with Crippen LogP contribution < -0.4 is 15.4 Å². The van der Waals surface area contributed by atoms with Crippen molar-refractivity contribution in [1.29, 1.82) is 0 Å². The number of nitrogens with one attached hydrogen (secondary N) is 2. The number of hydrogen-bond acceptors (Lipinski definition) is 7. The van der Waals surface area contributed by atoms with E-state index in [9.17, 15) is 8.42 Å². The quantitative estimate of drug-likeness (QED) is 0.410. The summed E-state index contributed by atoms with van der Waals surface area (Å²) in [7, 11) is -3.29. The molecule has 3 aromatic rings. The van der Waals surface area contributed by atoms with Gasteiger partial charge in [-0.1, -0.05) is 35.9 Å². The minimum atomic E-state index is -3.29. The van der Waals surface area contributed by atoms with Crippen LogP contribution in [0, 0.1) is 0 Å². The van der Waals surface area contributed by atoms with E-state index in [0.29, 0.717) is 23.6 Å². The van der Waals surface area contributed by atoms with Crippen LogP contribution in [0.5, 0.6) is 0 Å². The van der Waals surface area contributed by atoms with Gasteiger partial charge in [0, 0.05) is 42.9 Å². The Kier molecular flexibility index (Phi) is 7.60. The van der Waals surface area contributed by atoms with Gasteiger partial charge in [0.25, 0.3) is 0 Å². The summed E-state index contributed by atoms with van der Waals surface area (Å²) < 4.78 is 25.5. The standard InChI is InChI=1S/C23H30ClN7O2S/c1-34(32,33)29-20-8-4-18(5-9-20)16-31(13-10-17-2-6-19(24)7-3-17)21-11-14-30(15-12-21)23-26-22(25)27-28-23/h2-9,21,29H,10-16H2,1H3,(H3,25,26,27,28). The van der Waals surface area contributed by atoms with Crippen molar-refractivity contribution in [3.05, 3.63) is 64.7 Å². The molecule has 0 unspecified atom stereocenters. The zero-order chi connectivity index (χ0) is 24.1. The zero-order valence-electron chi connectivity index (χ0n) is 19.1. The molecular weight excluding hydrogens is 474 g/mol. The molecule has 2 heterocycles. The number of anilines is 3. The first-order valence-electron chi connectivity index (χ1n) is 11.2. The van der Waals surface area contributed by atoms with E-state index < -0.39 is 10.0 Å². The lowest BCUT2D eigenvalue weighted by atomic mass is 10.0. The Morgan fingerprint density at radius 2 is 1.76 bits per heavy atom. The molecule has 11 heteroatoms. The van der Waals surface area contributed by atoms with Crippen molar-refractivity contribution in [2.75, 3.05) is 41.2 Å². The number of halogens is 1. The Hall–Kier alpha value is -2.82. The number of nitrogens with two attached hydrogens (primary N) is 1. The fourth-order valence-corrected chi connectivity index (χ4v) is 4.97. The van der Waals surface area contributed by atoms with Crippen molar-refractivity contribution in [1.82, 2.24) is 20.1 Å². The molecule has 0 spiro atoms. The summed E-state index contributed by atoms with van der Waals surface area (Å²) in [6.07, 6.45) is 4.05. The van der Waals surface area contributed by atoms with Crippen molar-refractivity contribution < 1.29 is 8.42 Å². The molecular formula is C23H30ClN7O2S. The van der Waals surface area contributed by atoms with Gasteiger partial charge in [-0.15, -0.1) is 5.10 Å². The molecule has 9 nitrogen and oxygen atoms in total. The van der Waals surface area contributed by atoms with Gasteiger partial charge in [0.1, 0.15) is 0 Å². The lowest BCUT2D eigenvalue weighted by Gasteiger charge is -2.38. The third-order valence-corrected chi connectivity index (χ3v) is 6.86. The van der Waals surface area contributed by atoms with Gasteiger partial charge in [0.05, 0.1) is 6.26 Å². The Bertz CT molecular complexity index is 1170. The van der Waals surface area contributed by atoms with Gasteiger partial charge < -0.3 is 10.6 Å². The third-order valence-electron chi connectivity index (χ3n) is 6.00. The van der Waals surface area contributed by atoms with E-state index in [-0.39, 0.29) is 0 Å². The molecule has 0 atom stereocenters. The summed E-state index contributed by atoms with van der Waals surface area (Å²) in [6, 6.07) is 16.0. The number of nitrogens with zero attached hydrogens (tertiary/aromatic N) is 4. The normalized spacial score (nSPS) is 15.1. The highest BCUT2D eigenvalue weighted by Crippen LogP contribution is 2.23. The van der Waals surface area contributed by atoms with Crippen LogP contribution >= 0.6 is 11.6 Å². The van der Waals surface area contributed by atoms with E-state index in [0.717, 1.165) is 62.3 Å². The molecule has 0 aliphatic carbocycles. The number of sulfonamides is 1. The molecule has 1 aromatic heterocycles. The monoisotopic (exact) mass is 503 g/mol. The van der Waals surface area contributed by atoms with Crippen LogP contribution in [0.3, 0.4) is 0 Å². The fourth-order valence-electron chi connectivity index (χ4n) is 4.28. The van der Waals surface area contributed by atoms with Gasteiger partial charge in [-0.05, 0) is 54.7 Å². The van der Waals surface area contributed by atoms with E-state index in [2.05, 4.69) is 41.8 Å². The maximum atomic E-state index is 11.5.